The number of benzene rings is 1. The average molecular weight is 505 g/mol. The van der Waals surface area contributed by atoms with Crippen LogP contribution in [-0.4, -0.2) is 62.4 Å². The number of nitrogens with one attached hydrogen (secondary N) is 2. The fourth-order valence-corrected chi connectivity index (χ4v) is 4.75. The molecule has 2 N–H and O–H groups in total. The number of halogens is 2. The third-order valence-corrected chi connectivity index (χ3v) is 6.94. The van der Waals surface area contributed by atoms with E-state index in [4.69, 9.17) is 21.7 Å². The summed E-state index contributed by atoms with van der Waals surface area (Å²) in [4.78, 5) is 11.8. The van der Waals surface area contributed by atoms with Crippen molar-refractivity contribution >= 4 is 38.8 Å². The number of rotatable bonds is 6. The number of piperazine rings is 1. The maximum Gasteiger partial charge on any atom is 0.263 e. The highest BCUT2D eigenvalue weighted by Crippen LogP contribution is 2.25. The maximum absolute atomic E-state index is 14.3. The summed E-state index contributed by atoms with van der Waals surface area (Å²) in [5, 5.41) is 8.99. The van der Waals surface area contributed by atoms with E-state index in [-0.39, 0.29) is 22.1 Å². The predicted molar refractivity (Wildman–Crippen MR) is 128 cm³/mol. The van der Waals surface area contributed by atoms with Crippen molar-refractivity contribution in [2.24, 2.45) is 0 Å². The molecule has 34 heavy (non-hydrogen) atoms. The minimum atomic E-state index is -3.96. The number of pyridine rings is 2. The lowest BCUT2D eigenvalue weighted by Crippen LogP contribution is -2.49. The molecule has 1 fully saturated rings. The Bertz CT molecular complexity index is 1300. The third kappa shape index (κ3) is 5.05. The smallest absolute Gasteiger partial charge is 0.263 e. The summed E-state index contributed by atoms with van der Waals surface area (Å²) < 4.78 is 47.4. The molecule has 0 aliphatic carbocycles. The SMILES string of the molecule is COc1ccc(S(=O)(=O)Nc2cccnc2C(=N)N2CCN(c3ccc(Cl)cc3F)CC2)cn1. The van der Waals surface area contributed by atoms with Crippen LogP contribution < -0.4 is 14.4 Å². The van der Waals surface area contributed by atoms with E-state index in [9.17, 15) is 12.8 Å². The molecule has 0 saturated carbocycles. The van der Waals surface area contributed by atoms with E-state index in [2.05, 4.69) is 14.7 Å². The zero-order valence-corrected chi connectivity index (χ0v) is 19.8. The first-order valence-corrected chi connectivity index (χ1v) is 12.2. The van der Waals surface area contributed by atoms with Crippen molar-refractivity contribution in [1.29, 1.82) is 5.41 Å². The molecule has 4 rings (SSSR count). The van der Waals surface area contributed by atoms with Crippen LogP contribution in [0, 0.1) is 11.2 Å². The van der Waals surface area contributed by atoms with Crippen molar-refractivity contribution in [2.75, 3.05) is 42.9 Å². The maximum atomic E-state index is 14.3. The van der Waals surface area contributed by atoms with Gasteiger partial charge in [-0.3, -0.25) is 15.1 Å². The van der Waals surface area contributed by atoms with Crippen LogP contribution in [0.15, 0.2) is 59.8 Å². The number of amidine groups is 1. The predicted octanol–water partition coefficient (Wildman–Crippen LogP) is 3.23. The molecule has 0 bridgehead atoms. The van der Waals surface area contributed by atoms with Crippen LogP contribution >= 0.6 is 11.6 Å². The van der Waals surface area contributed by atoms with E-state index >= 15 is 0 Å². The van der Waals surface area contributed by atoms with Crippen LogP contribution in [0.5, 0.6) is 5.88 Å². The molecule has 1 aliphatic heterocycles. The van der Waals surface area contributed by atoms with Gasteiger partial charge in [-0.2, -0.15) is 0 Å². The molecule has 9 nitrogen and oxygen atoms in total. The fraction of sp³-hybridized carbons (Fsp3) is 0.227. The first kappa shape index (κ1) is 23.7. The van der Waals surface area contributed by atoms with E-state index < -0.39 is 15.8 Å². The number of nitrogens with zero attached hydrogens (tertiary/aromatic N) is 4. The van der Waals surface area contributed by atoms with Crippen molar-refractivity contribution in [1.82, 2.24) is 14.9 Å². The second-order valence-corrected chi connectivity index (χ2v) is 9.58. The Balaban J connectivity index is 1.48. The van der Waals surface area contributed by atoms with Gasteiger partial charge in [0.15, 0.2) is 0 Å². The molecule has 1 aromatic carbocycles. The van der Waals surface area contributed by atoms with Gasteiger partial charge in [-0.25, -0.2) is 17.8 Å². The van der Waals surface area contributed by atoms with Gasteiger partial charge in [-0.15, -0.1) is 0 Å². The molecule has 3 aromatic rings. The highest BCUT2D eigenvalue weighted by atomic mass is 35.5. The van der Waals surface area contributed by atoms with Crippen molar-refractivity contribution in [3.05, 3.63) is 71.4 Å². The number of methoxy groups -OCH3 is 1. The number of anilines is 2. The summed E-state index contributed by atoms with van der Waals surface area (Å²) in [6.07, 6.45) is 2.69. The van der Waals surface area contributed by atoms with E-state index in [1.165, 1.54) is 37.7 Å². The monoisotopic (exact) mass is 504 g/mol. The molecular formula is C22H22ClFN6O3S. The van der Waals surface area contributed by atoms with Gasteiger partial charge in [0.05, 0.1) is 24.7 Å². The topological polar surface area (TPSA) is 112 Å². The lowest BCUT2D eigenvalue weighted by molar-refractivity contribution is 0.381. The van der Waals surface area contributed by atoms with Crippen LogP contribution in [0.1, 0.15) is 5.69 Å². The molecule has 3 heterocycles. The van der Waals surface area contributed by atoms with E-state index in [0.717, 1.165) is 0 Å². The Hall–Kier alpha value is -3.44. The number of hydrogen-bond acceptors (Lipinski definition) is 7. The Morgan fingerprint density at radius 1 is 1.15 bits per heavy atom. The van der Waals surface area contributed by atoms with Crippen LogP contribution in [0.4, 0.5) is 15.8 Å². The summed E-state index contributed by atoms with van der Waals surface area (Å²) in [6, 6.07) is 10.5. The van der Waals surface area contributed by atoms with Crippen molar-refractivity contribution in [2.45, 2.75) is 4.90 Å². The number of hydrogen-bond donors (Lipinski definition) is 2. The van der Waals surface area contributed by atoms with Crippen molar-refractivity contribution in [3.8, 4) is 5.88 Å². The quantitative estimate of drug-likeness (QED) is 0.391. The van der Waals surface area contributed by atoms with Crippen LogP contribution in [0.2, 0.25) is 5.02 Å². The van der Waals surface area contributed by atoms with Gasteiger partial charge in [0.2, 0.25) is 5.88 Å². The van der Waals surface area contributed by atoms with Gasteiger partial charge >= 0.3 is 0 Å². The molecule has 178 valence electrons. The summed E-state index contributed by atoms with van der Waals surface area (Å²) in [6.45, 7) is 1.83. The minimum Gasteiger partial charge on any atom is -0.481 e. The van der Waals surface area contributed by atoms with Crippen LogP contribution in [-0.2, 0) is 10.0 Å². The Morgan fingerprint density at radius 2 is 1.91 bits per heavy atom. The highest BCUT2D eigenvalue weighted by molar-refractivity contribution is 7.92. The molecule has 0 unspecified atom stereocenters. The fourth-order valence-electron chi connectivity index (χ4n) is 3.58. The Labute approximate surface area is 201 Å². The first-order valence-electron chi connectivity index (χ1n) is 10.3. The average Bonchev–Trinajstić information content (AvgIpc) is 2.84. The molecule has 12 heteroatoms. The summed E-state index contributed by atoms with van der Waals surface area (Å²) in [5.74, 6) is -0.0340. The molecule has 1 aliphatic rings. The molecule has 2 aromatic heterocycles. The van der Waals surface area contributed by atoms with E-state index in [1.54, 1.807) is 29.2 Å². The number of sulfonamides is 1. The van der Waals surface area contributed by atoms with Gasteiger partial charge in [-0.1, -0.05) is 11.6 Å². The standard InChI is InChI=1S/C22H22ClFN6O3S/c1-33-20-7-5-16(14-27-20)34(31,32)28-18-3-2-8-26-21(18)22(25)30-11-9-29(10-12-30)19-6-4-15(23)13-17(19)24/h2-8,13-14,25,28H,9-12H2,1H3. The van der Waals surface area contributed by atoms with Crippen LogP contribution in [0.3, 0.4) is 0 Å². The summed E-state index contributed by atoms with van der Waals surface area (Å²) in [5.41, 5.74) is 0.822. The zero-order valence-electron chi connectivity index (χ0n) is 18.2. The Kier molecular flexibility index (Phi) is 6.85. The summed E-state index contributed by atoms with van der Waals surface area (Å²) in [7, 11) is -2.52. The Morgan fingerprint density at radius 3 is 2.56 bits per heavy atom. The number of aromatic nitrogens is 2. The lowest BCUT2D eigenvalue weighted by Gasteiger charge is -2.37. The van der Waals surface area contributed by atoms with E-state index in [0.29, 0.717) is 42.8 Å². The highest BCUT2D eigenvalue weighted by Gasteiger charge is 2.25. The lowest BCUT2D eigenvalue weighted by atomic mass is 10.2. The second-order valence-electron chi connectivity index (χ2n) is 7.46. The molecule has 0 atom stereocenters. The van der Waals surface area contributed by atoms with Gasteiger partial charge in [-0.05, 0) is 36.4 Å². The number of ether oxygens (including phenoxy) is 1. The zero-order chi connectivity index (χ0) is 24.3. The molecule has 0 radical (unpaired) electrons. The molecular weight excluding hydrogens is 483 g/mol. The first-order chi connectivity index (χ1) is 16.3. The second kappa shape index (κ2) is 9.82. The third-order valence-electron chi connectivity index (χ3n) is 5.35. The van der Waals surface area contributed by atoms with E-state index in [1.807, 2.05) is 4.90 Å². The van der Waals surface area contributed by atoms with Gasteiger partial charge in [0, 0.05) is 43.5 Å². The summed E-state index contributed by atoms with van der Waals surface area (Å²) >= 11 is 5.84. The van der Waals surface area contributed by atoms with Crippen molar-refractivity contribution < 1.29 is 17.5 Å². The largest absolute Gasteiger partial charge is 0.481 e. The van der Waals surface area contributed by atoms with Crippen molar-refractivity contribution in [3.63, 3.8) is 0 Å². The van der Waals surface area contributed by atoms with Gasteiger partial charge in [0.1, 0.15) is 22.2 Å². The molecule has 1 saturated heterocycles. The minimum absolute atomic E-state index is 0.0479. The van der Waals surface area contributed by atoms with Gasteiger partial charge < -0.3 is 14.5 Å². The molecule has 0 amide bonds. The molecule has 0 spiro atoms. The normalized spacial score (nSPS) is 14.1. The van der Waals surface area contributed by atoms with Crippen LogP contribution in [0.25, 0.3) is 0 Å². The van der Waals surface area contributed by atoms with Gasteiger partial charge in [0.25, 0.3) is 10.0 Å².